The van der Waals surface area contributed by atoms with Gasteiger partial charge in [0.1, 0.15) is 0 Å². The molecule has 1 saturated heterocycles. The third kappa shape index (κ3) is 4.99. The average molecular weight is 488 g/mol. The summed E-state index contributed by atoms with van der Waals surface area (Å²) in [5, 5.41) is 0. The maximum Gasteiger partial charge on any atom is 0.225 e. The number of aromatic nitrogens is 2. The van der Waals surface area contributed by atoms with Gasteiger partial charge in [0.2, 0.25) is 11.9 Å². The minimum atomic E-state index is 0.0645. The molecule has 0 saturated carbocycles. The molecule has 0 bridgehead atoms. The Morgan fingerprint density at radius 2 is 1.61 bits per heavy atom. The highest BCUT2D eigenvalue weighted by atomic mass is 16.5. The topological polar surface area (TPSA) is 71.0 Å². The summed E-state index contributed by atoms with van der Waals surface area (Å²) in [6.45, 7) is 4.48. The van der Waals surface area contributed by atoms with Crippen LogP contribution in [0.2, 0.25) is 0 Å². The van der Waals surface area contributed by atoms with Crippen LogP contribution in [0.25, 0.3) is 0 Å². The van der Waals surface area contributed by atoms with E-state index in [1.807, 2.05) is 17.0 Å². The van der Waals surface area contributed by atoms with Gasteiger partial charge in [-0.15, -0.1) is 0 Å². The van der Waals surface area contributed by atoms with Gasteiger partial charge in [-0.25, -0.2) is 9.97 Å². The zero-order chi connectivity index (χ0) is 24.9. The average Bonchev–Trinajstić information content (AvgIpc) is 2.95. The van der Waals surface area contributed by atoms with E-state index >= 15 is 0 Å². The van der Waals surface area contributed by atoms with Crippen LogP contribution < -0.4 is 14.4 Å². The fourth-order valence-corrected chi connectivity index (χ4v) is 5.27. The summed E-state index contributed by atoms with van der Waals surface area (Å²) in [4.78, 5) is 28.4. The predicted octanol–water partition coefficient (Wildman–Crippen LogP) is 3.18. The summed E-state index contributed by atoms with van der Waals surface area (Å²) in [5.41, 5.74) is 3.70. The third-order valence-corrected chi connectivity index (χ3v) is 7.17. The van der Waals surface area contributed by atoms with Gasteiger partial charge in [-0.3, -0.25) is 9.69 Å². The van der Waals surface area contributed by atoms with Crippen molar-refractivity contribution in [1.82, 2.24) is 19.8 Å². The summed E-state index contributed by atoms with van der Waals surface area (Å²) >= 11 is 0. The fraction of sp³-hybridized carbons (Fsp3) is 0.393. The highest BCUT2D eigenvalue weighted by Crippen LogP contribution is 2.41. The van der Waals surface area contributed by atoms with Crippen LogP contribution in [0.4, 0.5) is 5.95 Å². The van der Waals surface area contributed by atoms with Gasteiger partial charge in [-0.05, 0) is 41.3 Å². The lowest BCUT2D eigenvalue weighted by molar-refractivity contribution is -0.132. The van der Waals surface area contributed by atoms with Gasteiger partial charge in [0, 0.05) is 58.1 Å². The normalized spacial score (nSPS) is 18.0. The number of rotatable bonds is 7. The molecule has 2 aliphatic heterocycles. The molecule has 8 heteroatoms. The molecule has 1 aromatic heterocycles. The van der Waals surface area contributed by atoms with Gasteiger partial charge >= 0.3 is 0 Å². The van der Waals surface area contributed by atoms with Crippen LogP contribution in [0.15, 0.2) is 60.9 Å². The van der Waals surface area contributed by atoms with E-state index in [1.165, 1.54) is 16.7 Å². The van der Waals surface area contributed by atoms with E-state index in [0.717, 1.165) is 43.5 Å². The van der Waals surface area contributed by atoms with E-state index < -0.39 is 0 Å². The van der Waals surface area contributed by atoms with Crippen molar-refractivity contribution in [2.45, 2.75) is 18.9 Å². The van der Waals surface area contributed by atoms with Gasteiger partial charge < -0.3 is 19.3 Å². The summed E-state index contributed by atoms with van der Waals surface area (Å²) in [7, 11) is 3.34. The molecule has 0 spiro atoms. The molecule has 0 aliphatic carbocycles. The Morgan fingerprint density at radius 3 is 2.31 bits per heavy atom. The van der Waals surface area contributed by atoms with Crippen LogP contribution in [0.3, 0.4) is 0 Å². The number of anilines is 1. The van der Waals surface area contributed by atoms with Crippen molar-refractivity contribution in [3.63, 3.8) is 0 Å². The van der Waals surface area contributed by atoms with E-state index in [1.54, 1.807) is 26.6 Å². The Balaban J connectivity index is 1.28. The molecule has 0 N–H and O–H groups in total. The molecule has 1 fully saturated rings. The first-order valence-electron chi connectivity index (χ1n) is 12.5. The number of carbonyl (C=O) groups excluding carboxylic acids is 1. The van der Waals surface area contributed by atoms with Crippen LogP contribution in [0.1, 0.15) is 29.2 Å². The van der Waals surface area contributed by atoms with E-state index in [-0.39, 0.29) is 11.9 Å². The van der Waals surface area contributed by atoms with Gasteiger partial charge in [0.15, 0.2) is 11.5 Å². The highest BCUT2D eigenvalue weighted by Gasteiger charge is 2.31. The number of nitrogens with zero attached hydrogens (tertiary/aromatic N) is 5. The van der Waals surface area contributed by atoms with Gasteiger partial charge in [-0.2, -0.15) is 0 Å². The van der Waals surface area contributed by atoms with Crippen LogP contribution in [0, 0.1) is 0 Å². The van der Waals surface area contributed by atoms with Crippen LogP contribution >= 0.6 is 0 Å². The molecule has 3 aromatic rings. The first kappa shape index (κ1) is 24.1. The molecular weight excluding hydrogens is 454 g/mol. The van der Waals surface area contributed by atoms with Gasteiger partial charge in [-0.1, -0.05) is 30.3 Å². The molecule has 1 atom stereocenters. The Kier molecular flexibility index (Phi) is 7.32. The molecule has 0 unspecified atom stereocenters. The number of hydrogen-bond acceptors (Lipinski definition) is 7. The molecule has 0 radical (unpaired) electrons. The number of ether oxygens (including phenoxy) is 2. The van der Waals surface area contributed by atoms with Crippen molar-refractivity contribution in [2.75, 3.05) is 58.4 Å². The summed E-state index contributed by atoms with van der Waals surface area (Å²) < 4.78 is 11.2. The zero-order valence-electron chi connectivity index (χ0n) is 21.0. The number of carbonyl (C=O) groups is 1. The Labute approximate surface area is 212 Å². The minimum Gasteiger partial charge on any atom is -0.493 e. The molecule has 2 aromatic carbocycles. The molecule has 8 nitrogen and oxygen atoms in total. The van der Waals surface area contributed by atoms with E-state index in [0.29, 0.717) is 26.1 Å². The lowest BCUT2D eigenvalue weighted by Crippen LogP contribution is -2.50. The Hall–Kier alpha value is -3.65. The Bertz CT molecular complexity index is 1170. The van der Waals surface area contributed by atoms with Crippen LogP contribution in [0.5, 0.6) is 11.5 Å². The van der Waals surface area contributed by atoms with Crippen molar-refractivity contribution in [2.24, 2.45) is 0 Å². The van der Waals surface area contributed by atoms with Crippen molar-refractivity contribution >= 4 is 11.9 Å². The molecule has 3 heterocycles. The van der Waals surface area contributed by atoms with Gasteiger partial charge in [0.05, 0.1) is 20.3 Å². The smallest absolute Gasteiger partial charge is 0.225 e. The lowest BCUT2D eigenvalue weighted by Gasteiger charge is -2.39. The largest absolute Gasteiger partial charge is 0.493 e. The van der Waals surface area contributed by atoms with Gasteiger partial charge in [0.25, 0.3) is 0 Å². The van der Waals surface area contributed by atoms with Crippen molar-refractivity contribution in [1.29, 1.82) is 0 Å². The van der Waals surface area contributed by atoms with Crippen LogP contribution in [-0.2, 0) is 11.2 Å². The number of piperazine rings is 1. The first-order chi connectivity index (χ1) is 17.7. The Morgan fingerprint density at radius 1 is 0.917 bits per heavy atom. The summed E-state index contributed by atoms with van der Waals surface area (Å²) in [5.74, 6) is 2.42. The predicted molar refractivity (Wildman–Crippen MR) is 139 cm³/mol. The fourth-order valence-electron chi connectivity index (χ4n) is 5.27. The second kappa shape index (κ2) is 11.0. The summed E-state index contributed by atoms with van der Waals surface area (Å²) in [6, 6.07) is 16.6. The molecule has 5 rings (SSSR count). The third-order valence-electron chi connectivity index (χ3n) is 7.17. The summed E-state index contributed by atoms with van der Waals surface area (Å²) in [6.07, 6.45) is 4.91. The van der Waals surface area contributed by atoms with E-state index in [9.17, 15) is 4.79 Å². The number of methoxy groups -OCH3 is 2. The second-order valence-corrected chi connectivity index (χ2v) is 9.17. The van der Waals surface area contributed by atoms with E-state index in [2.05, 4.69) is 56.2 Å². The first-order valence-corrected chi connectivity index (χ1v) is 12.5. The lowest BCUT2D eigenvalue weighted by atomic mass is 9.87. The molecule has 188 valence electrons. The molecular formula is C28H33N5O3. The number of amides is 1. The number of benzene rings is 2. The number of fused-ring (bicyclic) bond motifs is 1. The second-order valence-electron chi connectivity index (χ2n) is 9.17. The van der Waals surface area contributed by atoms with Crippen molar-refractivity contribution in [3.05, 3.63) is 77.6 Å². The quantitative estimate of drug-likeness (QED) is 0.507. The molecule has 2 aliphatic rings. The standard InChI is InChI=1S/C28H33N5O3/c1-35-24-19-22-9-13-32(27(21-7-4-3-5-8-21)23(22)20-25(24)36-2)14-10-26(34)31-15-17-33(18-16-31)28-29-11-6-12-30-28/h3-8,11-12,19-20,27H,9-10,13-18H2,1-2H3/t27-/m0/s1. The molecule has 36 heavy (non-hydrogen) atoms. The monoisotopic (exact) mass is 487 g/mol. The molecule has 1 amide bonds. The SMILES string of the molecule is COc1cc2c(cc1OC)[C@H](c1ccccc1)N(CCC(=O)N1CCN(c3ncccn3)CC1)CC2. The minimum absolute atomic E-state index is 0.0645. The van der Waals surface area contributed by atoms with E-state index in [4.69, 9.17) is 9.47 Å². The van der Waals surface area contributed by atoms with Crippen molar-refractivity contribution in [3.8, 4) is 11.5 Å². The number of hydrogen-bond donors (Lipinski definition) is 0. The zero-order valence-corrected chi connectivity index (χ0v) is 21.0. The maximum atomic E-state index is 13.2. The van der Waals surface area contributed by atoms with Crippen LogP contribution in [-0.4, -0.2) is 79.2 Å². The van der Waals surface area contributed by atoms with Crippen molar-refractivity contribution < 1.29 is 14.3 Å². The highest BCUT2D eigenvalue weighted by molar-refractivity contribution is 5.76. The maximum absolute atomic E-state index is 13.2.